The lowest BCUT2D eigenvalue weighted by atomic mass is 10.1. The Morgan fingerprint density at radius 1 is 1.11 bits per heavy atom. The van der Waals surface area contributed by atoms with E-state index in [9.17, 15) is 4.79 Å². The van der Waals surface area contributed by atoms with Gasteiger partial charge in [0, 0.05) is 22.7 Å². The number of benzene rings is 2. The first-order valence-electron chi connectivity index (χ1n) is 8.71. The number of para-hydroxylation sites is 1. The zero-order valence-corrected chi connectivity index (χ0v) is 15.7. The van der Waals surface area contributed by atoms with Gasteiger partial charge in [0.2, 0.25) is 0 Å². The summed E-state index contributed by atoms with van der Waals surface area (Å²) in [5.41, 5.74) is 5.83. The first kappa shape index (κ1) is 17.9. The summed E-state index contributed by atoms with van der Waals surface area (Å²) in [5, 5.41) is 8.92. The number of amides is 1. The van der Waals surface area contributed by atoms with E-state index in [0.717, 1.165) is 27.8 Å². The van der Waals surface area contributed by atoms with Crippen LogP contribution in [-0.2, 0) is 6.61 Å². The van der Waals surface area contributed by atoms with Gasteiger partial charge < -0.3 is 4.74 Å². The van der Waals surface area contributed by atoms with Gasteiger partial charge >= 0.3 is 0 Å². The second kappa shape index (κ2) is 8.45. The van der Waals surface area contributed by atoms with E-state index in [1.807, 2.05) is 59.3 Å². The number of fused-ring (bicyclic) bond motifs is 1. The minimum Gasteiger partial charge on any atom is -0.487 e. The third kappa shape index (κ3) is 4.24. The third-order valence-corrected chi connectivity index (χ3v) is 4.83. The van der Waals surface area contributed by atoms with E-state index in [1.54, 1.807) is 35.9 Å². The van der Waals surface area contributed by atoms with Crippen molar-refractivity contribution >= 4 is 34.4 Å². The third-order valence-electron chi connectivity index (χ3n) is 4.13. The smallest absolute Gasteiger partial charge is 0.271 e. The first-order valence-corrected chi connectivity index (χ1v) is 9.65. The van der Waals surface area contributed by atoms with Crippen molar-refractivity contribution < 1.29 is 9.53 Å². The van der Waals surface area contributed by atoms with E-state index in [-0.39, 0.29) is 5.91 Å². The largest absolute Gasteiger partial charge is 0.487 e. The summed E-state index contributed by atoms with van der Waals surface area (Å²) < 4.78 is 5.93. The Morgan fingerprint density at radius 2 is 1.96 bits per heavy atom. The van der Waals surface area contributed by atoms with Crippen LogP contribution in [0.25, 0.3) is 10.9 Å². The molecule has 4 aromatic rings. The van der Waals surface area contributed by atoms with Crippen LogP contribution in [0.3, 0.4) is 0 Å². The van der Waals surface area contributed by atoms with E-state index in [1.165, 1.54) is 0 Å². The molecule has 0 aliphatic rings. The van der Waals surface area contributed by atoms with Gasteiger partial charge in [0.05, 0.1) is 6.21 Å². The lowest BCUT2D eigenvalue weighted by Crippen LogP contribution is -2.17. The molecule has 0 unspecified atom stereocenters. The molecule has 1 amide bonds. The Bertz CT molecular complexity index is 1100. The SMILES string of the molecule is O=C(N/N=C\c1ccsc1)c1ccc(COc2cccc3cccnc23)cc1. The lowest BCUT2D eigenvalue weighted by Gasteiger charge is -2.09. The molecular formula is C22H17N3O2S. The van der Waals surface area contributed by atoms with E-state index in [0.29, 0.717) is 12.2 Å². The minimum absolute atomic E-state index is 0.253. The molecule has 2 aromatic carbocycles. The van der Waals surface area contributed by atoms with Crippen LogP contribution in [0.2, 0.25) is 0 Å². The Kier molecular flexibility index (Phi) is 5.40. The van der Waals surface area contributed by atoms with Crippen LogP contribution in [-0.4, -0.2) is 17.1 Å². The fraction of sp³-hybridized carbons (Fsp3) is 0.0455. The van der Waals surface area contributed by atoms with Crippen LogP contribution in [0.1, 0.15) is 21.5 Å². The van der Waals surface area contributed by atoms with Gasteiger partial charge in [-0.1, -0.05) is 30.3 Å². The molecule has 1 N–H and O–H groups in total. The number of hydrazone groups is 1. The number of nitrogens with one attached hydrogen (secondary N) is 1. The molecule has 4 rings (SSSR count). The molecule has 138 valence electrons. The highest BCUT2D eigenvalue weighted by Crippen LogP contribution is 2.23. The van der Waals surface area contributed by atoms with Crippen molar-refractivity contribution in [2.45, 2.75) is 6.61 Å². The summed E-state index contributed by atoms with van der Waals surface area (Å²) in [6.07, 6.45) is 3.37. The Hall–Kier alpha value is -3.51. The molecule has 6 heteroatoms. The number of nitrogens with zero attached hydrogens (tertiary/aromatic N) is 2. The van der Waals surface area contributed by atoms with Crippen LogP contribution in [0.4, 0.5) is 0 Å². The predicted octanol–water partition coefficient (Wildman–Crippen LogP) is 4.64. The van der Waals surface area contributed by atoms with Gasteiger partial charge in [-0.2, -0.15) is 16.4 Å². The number of ether oxygens (including phenoxy) is 1. The van der Waals surface area contributed by atoms with Crippen LogP contribution in [0.5, 0.6) is 5.75 Å². The summed E-state index contributed by atoms with van der Waals surface area (Å²) in [6.45, 7) is 0.397. The number of rotatable bonds is 6. The number of carbonyl (C=O) groups is 1. The molecule has 0 radical (unpaired) electrons. The molecule has 0 atom stereocenters. The Labute approximate surface area is 166 Å². The maximum Gasteiger partial charge on any atom is 0.271 e. The molecule has 0 saturated carbocycles. The zero-order chi connectivity index (χ0) is 19.2. The standard InChI is InChI=1S/C22H17N3O2S/c26-22(25-24-13-17-10-12-28-15-17)19-8-6-16(7-9-19)14-27-20-5-1-3-18-4-2-11-23-21(18)20/h1-13,15H,14H2,(H,25,26)/b24-13-. The number of carbonyl (C=O) groups excluding carboxylic acids is 1. The quantitative estimate of drug-likeness (QED) is 0.387. The molecule has 0 aliphatic heterocycles. The summed E-state index contributed by atoms with van der Waals surface area (Å²) in [4.78, 5) is 16.5. The van der Waals surface area contributed by atoms with Crippen molar-refractivity contribution in [3.63, 3.8) is 0 Å². The Balaban J connectivity index is 1.37. The van der Waals surface area contributed by atoms with Gasteiger partial charge in [0.25, 0.3) is 5.91 Å². The number of hydrogen-bond donors (Lipinski definition) is 1. The molecule has 0 fully saturated rings. The number of hydrogen-bond acceptors (Lipinski definition) is 5. The van der Waals surface area contributed by atoms with Crippen molar-refractivity contribution in [1.29, 1.82) is 0 Å². The number of thiophene rings is 1. The van der Waals surface area contributed by atoms with Crippen molar-refractivity contribution in [2.24, 2.45) is 5.10 Å². The fourth-order valence-corrected chi connectivity index (χ4v) is 3.30. The normalized spacial score (nSPS) is 11.0. The van der Waals surface area contributed by atoms with Crippen LogP contribution in [0, 0.1) is 0 Å². The molecule has 0 bridgehead atoms. The van der Waals surface area contributed by atoms with E-state index < -0.39 is 0 Å². The maximum atomic E-state index is 12.1. The molecule has 0 spiro atoms. The molecule has 0 saturated heterocycles. The lowest BCUT2D eigenvalue weighted by molar-refractivity contribution is 0.0955. The van der Waals surface area contributed by atoms with E-state index >= 15 is 0 Å². The van der Waals surface area contributed by atoms with Gasteiger partial charge in [0.1, 0.15) is 17.9 Å². The number of pyridine rings is 1. The highest BCUT2D eigenvalue weighted by atomic mass is 32.1. The van der Waals surface area contributed by atoms with E-state index in [2.05, 4.69) is 15.5 Å². The number of aromatic nitrogens is 1. The molecule has 2 heterocycles. The highest BCUT2D eigenvalue weighted by Gasteiger charge is 2.06. The average Bonchev–Trinajstić information content (AvgIpc) is 3.26. The summed E-state index contributed by atoms with van der Waals surface area (Å²) in [6, 6.07) is 19.0. The van der Waals surface area contributed by atoms with Crippen LogP contribution < -0.4 is 10.2 Å². The predicted molar refractivity (Wildman–Crippen MR) is 112 cm³/mol. The maximum absolute atomic E-state index is 12.1. The van der Waals surface area contributed by atoms with E-state index in [4.69, 9.17) is 4.74 Å². The summed E-state index contributed by atoms with van der Waals surface area (Å²) in [5.74, 6) is 0.486. The summed E-state index contributed by atoms with van der Waals surface area (Å²) >= 11 is 1.58. The van der Waals surface area contributed by atoms with Gasteiger partial charge in [-0.15, -0.1) is 0 Å². The van der Waals surface area contributed by atoms with Gasteiger partial charge in [-0.05, 0) is 46.7 Å². The van der Waals surface area contributed by atoms with Crippen molar-refractivity contribution in [1.82, 2.24) is 10.4 Å². The monoisotopic (exact) mass is 387 g/mol. The second-order valence-electron chi connectivity index (χ2n) is 6.07. The van der Waals surface area contributed by atoms with Crippen molar-refractivity contribution in [3.8, 4) is 5.75 Å². The second-order valence-corrected chi connectivity index (χ2v) is 6.85. The van der Waals surface area contributed by atoms with Gasteiger partial charge in [-0.3, -0.25) is 9.78 Å². The fourth-order valence-electron chi connectivity index (χ4n) is 2.68. The Morgan fingerprint density at radius 3 is 2.79 bits per heavy atom. The van der Waals surface area contributed by atoms with Gasteiger partial charge in [-0.25, -0.2) is 5.43 Å². The van der Waals surface area contributed by atoms with Crippen molar-refractivity contribution in [3.05, 3.63) is 94.3 Å². The molecule has 2 aromatic heterocycles. The van der Waals surface area contributed by atoms with Crippen molar-refractivity contribution in [2.75, 3.05) is 0 Å². The van der Waals surface area contributed by atoms with Crippen LogP contribution in [0.15, 0.2) is 82.7 Å². The van der Waals surface area contributed by atoms with Crippen LogP contribution >= 0.6 is 11.3 Å². The zero-order valence-electron chi connectivity index (χ0n) is 14.9. The first-order chi connectivity index (χ1) is 13.8. The van der Waals surface area contributed by atoms with Gasteiger partial charge in [0.15, 0.2) is 0 Å². The minimum atomic E-state index is -0.253. The highest BCUT2D eigenvalue weighted by molar-refractivity contribution is 7.08. The molecule has 5 nitrogen and oxygen atoms in total. The topological polar surface area (TPSA) is 63.6 Å². The summed E-state index contributed by atoms with van der Waals surface area (Å²) in [7, 11) is 0. The molecule has 0 aliphatic carbocycles. The molecular weight excluding hydrogens is 370 g/mol. The molecule has 28 heavy (non-hydrogen) atoms. The average molecular weight is 387 g/mol.